The van der Waals surface area contributed by atoms with Gasteiger partial charge in [-0.15, -0.1) is 11.3 Å². The van der Waals surface area contributed by atoms with Crippen LogP contribution in [0.3, 0.4) is 0 Å². The van der Waals surface area contributed by atoms with Crippen molar-refractivity contribution in [3.05, 3.63) is 22.4 Å². The van der Waals surface area contributed by atoms with E-state index in [0.29, 0.717) is 26.1 Å². The van der Waals surface area contributed by atoms with Gasteiger partial charge in [0, 0.05) is 6.42 Å². The van der Waals surface area contributed by atoms with Crippen LogP contribution in [0.5, 0.6) is 0 Å². The van der Waals surface area contributed by atoms with Gasteiger partial charge >= 0.3 is 12.1 Å². The first-order valence-electron chi connectivity index (χ1n) is 8.31. The van der Waals surface area contributed by atoms with Crippen molar-refractivity contribution in [2.75, 3.05) is 19.8 Å². The Morgan fingerprint density at radius 3 is 2.76 bits per heavy atom. The second kappa shape index (κ2) is 13.9. The maximum absolute atomic E-state index is 11.4. The molecule has 1 aromatic heterocycles. The van der Waals surface area contributed by atoms with E-state index in [4.69, 9.17) is 9.47 Å². The second-order valence-corrected chi connectivity index (χ2v) is 6.00. The third-order valence-electron chi connectivity index (χ3n) is 2.93. The van der Waals surface area contributed by atoms with Crippen molar-refractivity contribution in [3.8, 4) is 23.7 Å². The smallest absolute Gasteiger partial charge is 0.407 e. The Morgan fingerprint density at radius 1 is 1.16 bits per heavy atom. The maximum Gasteiger partial charge on any atom is 0.407 e. The van der Waals surface area contributed by atoms with E-state index >= 15 is 0 Å². The summed E-state index contributed by atoms with van der Waals surface area (Å²) in [5.74, 6) is 11.1. The SMILES string of the molecule is CCCCOC(=O)CNC(=O)OCCCCC#CC#Cc1cccs1. The van der Waals surface area contributed by atoms with E-state index in [-0.39, 0.29) is 6.54 Å². The minimum atomic E-state index is -0.611. The first-order valence-corrected chi connectivity index (χ1v) is 9.19. The average molecular weight is 361 g/mol. The maximum atomic E-state index is 11.4. The summed E-state index contributed by atoms with van der Waals surface area (Å²) in [6, 6.07) is 3.90. The molecule has 25 heavy (non-hydrogen) atoms. The number of alkyl carbamates (subject to hydrolysis) is 1. The molecule has 1 rings (SSSR count). The van der Waals surface area contributed by atoms with E-state index in [0.717, 1.165) is 24.1 Å². The summed E-state index contributed by atoms with van der Waals surface area (Å²) in [6.45, 7) is 2.51. The summed E-state index contributed by atoms with van der Waals surface area (Å²) in [5.41, 5.74) is 0. The van der Waals surface area contributed by atoms with Crippen LogP contribution in [0.4, 0.5) is 4.79 Å². The van der Waals surface area contributed by atoms with E-state index < -0.39 is 12.1 Å². The van der Waals surface area contributed by atoms with Crippen LogP contribution < -0.4 is 5.32 Å². The molecule has 1 heterocycles. The molecule has 0 bridgehead atoms. The van der Waals surface area contributed by atoms with Crippen LogP contribution in [-0.2, 0) is 14.3 Å². The van der Waals surface area contributed by atoms with Crippen molar-refractivity contribution < 1.29 is 19.1 Å². The Hall–Kier alpha value is -2.44. The number of unbranched alkanes of at least 4 members (excludes halogenated alkanes) is 3. The fourth-order valence-corrected chi connectivity index (χ4v) is 2.18. The highest BCUT2D eigenvalue weighted by molar-refractivity contribution is 7.10. The van der Waals surface area contributed by atoms with Crippen LogP contribution in [0, 0.1) is 23.7 Å². The van der Waals surface area contributed by atoms with E-state index in [1.165, 1.54) is 0 Å². The Morgan fingerprint density at radius 2 is 2.00 bits per heavy atom. The Balaban J connectivity index is 1.98. The van der Waals surface area contributed by atoms with Crippen LogP contribution in [-0.4, -0.2) is 31.8 Å². The average Bonchev–Trinajstić information content (AvgIpc) is 3.12. The third-order valence-corrected chi connectivity index (χ3v) is 3.71. The van der Waals surface area contributed by atoms with Crippen molar-refractivity contribution in [2.45, 2.75) is 39.0 Å². The highest BCUT2D eigenvalue weighted by Crippen LogP contribution is 2.05. The van der Waals surface area contributed by atoms with Gasteiger partial charge in [-0.2, -0.15) is 0 Å². The van der Waals surface area contributed by atoms with Gasteiger partial charge in [0.25, 0.3) is 0 Å². The fourth-order valence-electron chi connectivity index (χ4n) is 1.61. The molecule has 0 aliphatic heterocycles. The summed E-state index contributed by atoms with van der Waals surface area (Å²) in [4.78, 5) is 23.7. The fraction of sp³-hybridized carbons (Fsp3) is 0.474. The minimum Gasteiger partial charge on any atom is -0.464 e. The van der Waals surface area contributed by atoms with Crippen LogP contribution >= 0.6 is 11.3 Å². The molecule has 1 amide bonds. The number of rotatable bonds is 9. The number of carbonyl (C=O) groups excluding carboxylic acids is 2. The van der Waals surface area contributed by atoms with Gasteiger partial charge in [0.2, 0.25) is 0 Å². The molecule has 5 nitrogen and oxygen atoms in total. The molecule has 134 valence electrons. The number of hydrogen-bond acceptors (Lipinski definition) is 5. The van der Waals surface area contributed by atoms with Crippen LogP contribution in [0.25, 0.3) is 0 Å². The van der Waals surface area contributed by atoms with Gasteiger partial charge < -0.3 is 14.8 Å². The Labute approximate surface area is 153 Å². The normalized spacial score (nSPS) is 9.16. The van der Waals surface area contributed by atoms with Crippen LogP contribution in [0.15, 0.2) is 17.5 Å². The molecule has 0 atom stereocenters. The molecule has 0 saturated heterocycles. The molecule has 0 fully saturated rings. The van der Waals surface area contributed by atoms with E-state index in [9.17, 15) is 9.59 Å². The molecular formula is C19H23NO4S. The summed E-state index contributed by atoms with van der Waals surface area (Å²) in [6.07, 6.45) is 3.39. The van der Waals surface area contributed by atoms with Gasteiger partial charge in [-0.25, -0.2) is 4.79 Å². The molecule has 0 aliphatic rings. The molecule has 0 unspecified atom stereocenters. The molecule has 6 heteroatoms. The van der Waals surface area contributed by atoms with Gasteiger partial charge in [0.15, 0.2) is 0 Å². The van der Waals surface area contributed by atoms with Crippen molar-refractivity contribution in [1.29, 1.82) is 0 Å². The molecule has 0 saturated carbocycles. The summed E-state index contributed by atoms with van der Waals surface area (Å²) < 4.78 is 9.87. The minimum absolute atomic E-state index is 0.170. The lowest BCUT2D eigenvalue weighted by Crippen LogP contribution is -2.31. The summed E-state index contributed by atoms with van der Waals surface area (Å²) in [5, 5.41) is 4.34. The zero-order chi connectivity index (χ0) is 18.2. The van der Waals surface area contributed by atoms with Gasteiger partial charge in [0.1, 0.15) is 6.54 Å². The lowest BCUT2D eigenvalue weighted by molar-refractivity contribution is -0.142. The highest BCUT2D eigenvalue weighted by atomic mass is 32.1. The molecule has 0 aliphatic carbocycles. The van der Waals surface area contributed by atoms with Crippen molar-refractivity contribution in [3.63, 3.8) is 0 Å². The largest absolute Gasteiger partial charge is 0.464 e. The standard InChI is InChI=1S/C19H23NO4S/c1-2-3-13-23-18(21)16-20-19(22)24-14-9-7-5-4-6-8-11-17-12-10-15-25-17/h10,12,15H,2-3,5,7,9,13-14,16H2,1H3,(H,20,22). The number of esters is 1. The van der Waals surface area contributed by atoms with E-state index in [1.54, 1.807) is 11.3 Å². The summed E-state index contributed by atoms with van der Waals surface area (Å²) >= 11 is 1.59. The highest BCUT2D eigenvalue weighted by Gasteiger charge is 2.06. The molecule has 0 spiro atoms. The Kier molecular flexibility index (Phi) is 11.5. The van der Waals surface area contributed by atoms with E-state index in [2.05, 4.69) is 29.0 Å². The molecule has 1 aromatic rings. The molecule has 0 radical (unpaired) electrons. The van der Waals surface area contributed by atoms with Crippen molar-refractivity contribution in [1.82, 2.24) is 5.32 Å². The lowest BCUT2D eigenvalue weighted by atomic mass is 10.2. The quantitative estimate of drug-likeness (QED) is 0.416. The van der Waals surface area contributed by atoms with E-state index in [1.807, 2.05) is 24.4 Å². The van der Waals surface area contributed by atoms with Crippen LogP contribution in [0.1, 0.15) is 43.9 Å². The number of thiophene rings is 1. The topological polar surface area (TPSA) is 64.6 Å². The number of carbonyl (C=O) groups is 2. The third kappa shape index (κ3) is 11.7. The summed E-state index contributed by atoms with van der Waals surface area (Å²) in [7, 11) is 0. The molecular weight excluding hydrogens is 338 g/mol. The first-order chi connectivity index (χ1) is 12.2. The van der Waals surface area contributed by atoms with Gasteiger partial charge in [-0.1, -0.05) is 25.3 Å². The number of amides is 1. The van der Waals surface area contributed by atoms with Gasteiger partial charge in [-0.3, -0.25) is 4.79 Å². The zero-order valence-corrected chi connectivity index (χ0v) is 15.2. The molecule has 1 N–H and O–H groups in total. The number of ether oxygens (including phenoxy) is 2. The van der Waals surface area contributed by atoms with Crippen LogP contribution in [0.2, 0.25) is 0 Å². The predicted molar refractivity (Wildman–Crippen MR) is 98.0 cm³/mol. The van der Waals surface area contributed by atoms with Crippen molar-refractivity contribution >= 4 is 23.4 Å². The van der Waals surface area contributed by atoms with Crippen molar-refractivity contribution in [2.24, 2.45) is 0 Å². The van der Waals surface area contributed by atoms with Gasteiger partial charge in [-0.05, 0) is 48.5 Å². The number of nitrogens with one attached hydrogen (secondary N) is 1. The van der Waals surface area contributed by atoms with Gasteiger partial charge in [0.05, 0.1) is 18.1 Å². The number of hydrogen-bond donors (Lipinski definition) is 1. The zero-order valence-electron chi connectivity index (χ0n) is 14.4. The Bertz CT molecular complexity index is 632. The first kappa shape index (κ1) is 20.6. The predicted octanol–water partition coefficient (Wildman–Crippen LogP) is 3.34. The monoisotopic (exact) mass is 361 g/mol. The lowest BCUT2D eigenvalue weighted by Gasteiger charge is -2.06. The molecule has 0 aromatic carbocycles. The second-order valence-electron chi connectivity index (χ2n) is 5.05.